The van der Waals surface area contributed by atoms with Gasteiger partial charge in [0.2, 0.25) is 0 Å². The first-order chi connectivity index (χ1) is 12.4. The van der Waals surface area contributed by atoms with Gasteiger partial charge in [-0.15, -0.1) is 0 Å². The Kier molecular flexibility index (Phi) is 17.5. The van der Waals surface area contributed by atoms with E-state index >= 15 is 0 Å². The van der Waals surface area contributed by atoms with Gasteiger partial charge in [0.05, 0.1) is 20.6 Å². The van der Waals surface area contributed by atoms with Gasteiger partial charge >= 0.3 is 0 Å². The fourth-order valence-corrected chi connectivity index (χ4v) is 3.87. The number of nitrogens with zero attached hydrogens (tertiary/aromatic N) is 1. The second-order valence-corrected chi connectivity index (χ2v) is 9.37. The average Bonchev–Trinajstić information content (AvgIpc) is 2.60. The van der Waals surface area contributed by atoms with Crippen molar-refractivity contribution in [1.29, 1.82) is 0 Å². The van der Waals surface area contributed by atoms with Gasteiger partial charge in [0, 0.05) is 0 Å². The summed E-state index contributed by atoms with van der Waals surface area (Å²) in [5.74, 6) is 0. The van der Waals surface area contributed by atoms with Crippen molar-refractivity contribution in [2.45, 2.75) is 128 Å². The van der Waals surface area contributed by atoms with E-state index in [-0.39, 0.29) is 5.50 Å². The molecule has 26 heavy (non-hydrogen) atoms. The van der Waals surface area contributed by atoms with E-state index < -0.39 is 6.10 Å². The van der Waals surface area contributed by atoms with Gasteiger partial charge in [-0.25, -0.2) is 0 Å². The van der Waals surface area contributed by atoms with Crippen LogP contribution in [-0.4, -0.2) is 41.8 Å². The minimum atomic E-state index is -0.451. The molecule has 3 heteroatoms. The number of quaternary nitrogens is 1. The zero-order valence-corrected chi connectivity index (χ0v) is 19.2. The maximum atomic E-state index is 9.64. The van der Waals surface area contributed by atoms with Crippen molar-refractivity contribution in [3.8, 4) is 0 Å². The monoisotopic (exact) mass is 390 g/mol. The molecular formula is C23H49ClNO+. The molecular weight excluding hydrogens is 342 g/mol. The van der Waals surface area contributed by atoms with E-state index in [1.54, 1.807) is 6.92 Å². The lowest BCUT2D eigenvalue weighted by Gasteiger charge is -2.35. The van der Waals surface area contributed by atoms with Gasteiger partial charge in [0.15, 0.2) is 5.50 Å². The van der Waals surface area contributed by atoms with Gasteiger partial charge in [-0.3, -0.25) is 0 Å². The highest BCUT2D eigenvalue weighted by molar-refractivity contribution is 6.19. The highest BCUT2D eigenvalue weighted by atomic mass is 35.5. The van der Waals surface area contributed by atoms with Crippen molar-refractivity contribution in [3.63, 3.8) is 0 Å². The molecule has 158 valence electrons. The van der Waals surface area contributed by atoms with E-state index in [0.29, 0.717) is 4.48 Å². The number of unbranched alkanes of at least 4 members (excludes halogenated alkanes) is 15. The quantitative estimate of drug-likeness (QED) is 0.106. The predicted molar refractivity (Wildman–Crippen MR) is 118 cm³/mol. The van der Waals surface area contributed by atoms with Crippen molar-refractivity contribution in [2.75, 3.05) is 20.6 Å². The molecule has 1 N–H and O–H groups in total. The summed E-state index contributed by atoms with van der Waals surface area (Å²) in [5, 5.41) is 9.64. The average molecular weight is 391 g/mol. The third-order valence-corrected chi connectivity index (χ3v) is 6.55. The van der Waals surface area contributed by atoms with E-state index in [9.17, 15) is 5.11 Å². The number of hydrogen-bond donors (Lipinski definition) is 1. The topological polar surface area (TPSA) is 20.2 Å². The minimum Gasteiger partial charge on any atom is -0.386 e. The Bertz CT molecular complexity index is 294. The van der Waals surface area contributed by atoms with Crippen LogP contribution in [0.15, 0.2) is 0 Å². The molecule has 0 rings (SSSR count). The lowest BCUT2D eigenvalue weighted by molar-refractivity contribution is -0.905. The normalized spacial score (nSPS) is 14.5. The van der Waals surface area contributed by atoms with Crippen LogP contribution in [0.2, 0.25) is 0 Å². The number of aliphatic hydroxyl groups is 1. The Morgan fingerprint density at radius 1 is 0.654 bits per heavy atom. The standard InChI is InChI=1S/C23H49ClNO/c1-5-6-7-8-9-10-11-12-13-14-15-16-17-18-19-20-21-25(3,4)23(24)22(2)26/h22-23,26H,5-21H2,1-4H3/q+1. The SMILES string of the molecule is CCCCCCCCCCCCCCCCCC[N+](C)(C)C(Cl)C(C)O. The maximum absolute atomic E-state index is 9.64. The summed E-state index contributed by atoms with van der Waals surface area (Å²) < 4.78 is 0.706. The molecule has 0 radical (unpaired) electrons. The lowest BCUT2D eigenvalue weighted by Crippen LogP contribution is -2.51. The molecule has 0 amide bonds. The molecule has 0 heterocycles. The van der Waals surface area contributed by atoms with Crippen LogP contribution in [-0.2, 0) is 0 Å². The van der Waals surface area contributed by atoms with Crippen LogP contribution in [0.5, 0.6) is 0 Å². The van der Waals surface area contributed by atoms with Crippen LogP contribution in [0.25, 0.3) is 0 Å². The minimum absolute atomic E-state index is 0.202. The summed E-state index contributed by atoms with van der Waals surface area (Å²) in [5.41, 5.74) is -0.202. The summed E-state index contributed by atoms with van der Waals surface area (Å²) in [6.07, 6.45) is 22.0. The Labute approximate surface area is 170 Å². The lowest BCUT2D eigenvalue weighted by atomic mass is 10.0. The molecule has 0 saturated carbocycles. The van der Waals surface area contributed by atoms with Crippen LogP contribution in [0.4, 0.5) is 0 Å². The molecule has 2 unspecified atom stereocenters. The van der Waals surface area contributed by atoms with Crippen molar-refractivity contribution in [1.82, 2.24) is 0 Å². The number of alkyl halides is 1. The Balaban J connectivity index is 3.27. The van der Waals surface area contributed by atoms with E-state index in [1.165, 1.54) is 103 Å². The molecule has 0 aliphatic rings. The van der Waals surface area contributed by atoms with Crippen LogP contribution < -0.4 is 0 Å². The van der Waals surface area contributed by atoms with E-state index in [1.807, 2.05) is 0 Å². The zero-order valence-electron chi connectivity index (χ0n) is 18.4. The summed E-state index contributed by atoms with van der Waals surface area (Å²) in [4.78, 5) is 0. The molecule has 2 nitrogen and oxygen atoms in total. The summed E-state index contributed by atoms with van der Waals surface area (Å²) in [6.45, 7) is 5.12. The number of hydrogen-bond acceptors (Lipinski definition) is 1. The number of halogens is 1. The first-order valence-corrected chi connectivity index (χ1v) is 12.0. The van der Waals surface area contributed by atoms with E-state index in [0.717, 1.165) is 6.54 Å². The molecule has 0 bridgehead atoms. The first kappa shape index (κ1) is 26.2. The third-order valence-electron chi connectivity index (χ3n) is 5.65. The van der Waals surface area contributed by atoms with Gasteiger partial charge in [-0.1, -0.05) is 108 Å². The third kappa shape index (κ3) is 15.3. The van der Waals surface area contributed by atoms with Crippen molar-refractivity contribution in [3.05, 3.63) is 0 Å². The molecule has 0 aliphatic heterocycles. The number of likely N-dealkylation sites (N-methyl/N-ethyl adjacent to an activating group) is 1. The van der Waals surface area contributed by atoms with Crippen LogP contribution in [0.3, 0.4) is 0 Å². The van der Waals surface area contributed by atoms with E-state index in [4.69, 9.17) is 11.6 Å². The smallest absolute Gasteiger partial charge is 0.190 e. The Morgan fingerprint density at radius 2 is 0.962 bits per heavy atom. The van der Waals surface area contributed by atoms with Crippen LogP contribution >= 0.6 is 11.6 Å². The second kappa shape index (κ2) is 17.3. The highest BCUT2D eigenvalue weighted by Crippen LogP contribution is 2.18. The first-order valence-electron chi connectivity index (χ1n) is 11.6. The maximum Gasteiger partial charge on any atom is 0.190 e. The molecule has 0 aliphatic carbocycles. The highest BCUT2D eigenvalue weighted by Gasteiger charge is 2.29. The molecule has 0 aromatic heterocycles. The molecule has 2 atom stereocenters. The molecule has 0 aromatic carbocycles. The van der Waals surface area contributed by atoms with Gasteiger partial charge in [0.25, 0.3) is 0 Å². The van der Waals surface area contributed by atoms with Gasteiger partial charge in [-0.05, 0) is 19.8 Å². The second-order valence-electron chi connectivity index (χ2n) is 8.92. The zero-order chi connectivity index (χ0) is 19.7. The fourth-order valence-electron chi connectivity index (χ4n) is 3.77. The molecule has 0 saturated heterocycles. The Hall–Kier alpha value is 0.210. The largest absolute Gasteiger partial charge is 0.386 e. The summed E-state index contributed by atoms with van der Waals surface area (Å²) >= 11 is 6.30. The van der Waals surface area contributed by atoms with Crippen LogP contribution in [0, 0.1) is 0 Å². The predicted octanol–water partition coefficient (Wildman–Crippen LogP) is 7.27. The van der Waals surface area contributed by atoms with Crippen molar-refractivity contribution >= 4 is 11.6 Å². The number of aliphatic hydroxyl groups excluding tert-OH is 1. The summed E-state index contributed by atoms with van der Waals surface area (Å²) in [6, 6.07) is 0. The number of rotatable bonds is 19. The van der Waals surface area contributed by atoms with Gasteiger partial charge in [0.1, 0.15) is 6.10 Å². The fraction of sp³-hybridized carbons (Fsp3) is 1.00. The van der Waals surface area contributed by atoms with Crippen LogP contribution in [0.1, 0.15) is 117 Å². The molecule has 0 fully saturated rings. The van der Waals surface area contributed by atoms with Gasteiger partial charge in [-0.2, -0.15) is 0 Å². The van der Waals surface area contributed by atoms with Crippen molar-refractivity contribution < 1.29 is 9.59 Å². The molecule has 0 spiro atoms. The van der Waals surface area contributed by atoms with E-state index in [2.05, 4.69) is 21.0 Å². The Morgan fingerprint density at radius 3 is 1.27 bits per heavy atom. The van der Waals surface area contributed by atoms with Crippen molar-refractivity contribution in [2.24, 2.45) is 0 Å². The van der Waals surface area contributed by atoms with Gasteiger partial charge < -0.3 is 9.59 Å². The summed E-state index contributed by atoms with van der Waals surface area (Å²) in [7, 11) is 4.24. The molecule has 0 aromatic rings.